The van der Waals surface area contributed by atoms with Crippen molar-refractivity contribution in [1.29, 1.82) is 0 Å². The molecule has 0 N–H and O–H groups in total. The molecule has 4 heteroatoms. The van der Waals surface area contributed by atoms with Crippen LogP contribution in [0.15, 0.2) is 146 Å². The molecule has 0 aliphatic heterocycles. The van der Waals surface area contributed by atoms with Gasteiger partial charge in [-0.15, -0.1) is 22.7 Å². The normalized spacial score (nSPS) is 11.6. The molecule has 0 spiro atoms. The van der Waals surface area contributed by atoms with E-state index in [2.05, 4.69) is 146 Å². The van der Waals surface area contributed by atoms with Crippen LogP contribution in [0, 0.1) is 0 Å². The van der Waals surface area contributed by atoms with E-state index in [1.165, 1.54) is 53.2 Å². The smallest absolute Gasteiger partial charge is 0.124 e. The monoisotopic (exact) mass is 596 g/mol. The first-order valence-electron chi connectivity index (χ1n) is 14.7. The van der Waals surface area contributed by atoms with Gasteiger partial charge in [0.15, 0.2) is 0 Å². The van der Waals surface area contributed by atoms with Crippen molar-refractivity contribution in [2.45, 2.75) is 0 Å². The van der Waals surface area contributed by atoms with Crippen molar-refractivity contribution in [3.05, 3.63) is 146 Å². The molecule has 0 saturated heterocycles. The van der Waals surface area contributed by atoms with Crippen molar-refractivity contribution in [3.63, 3.8) is 0 Å². The summed E-state index contributed by atoms with van der Waals surface area (Å²) >= 11 is 3.52. The van der Waals surface area contributed by atoms with Crippen molar-refractivity contribution in [2.24, 2.45) is 0 Å². The van der Waals surface area contributed by atoms with Crippen molar-refractivity contribution >= 4 is 64.7 Å². The van der Waals surface area contributed by atoms with E-state index in [1.54, 1.807) is 22.7 Å². The number of rotatable bonds is 4. The second-order valence-electron chi connectivity index (χ2n) is 10.9. The third-order valence-corrected chi connectivity index (χ3v) is 10.5. The molecule has 0 amide bonds. The molecule has 0 bridgehead atoms. The summed E-state index contributed by atoms with van der Waals surface area (Å²) in [7, 11) is 0. The van der Waals surface area contributed by atoms with Gasteiger partial charge in [-0.1, -0.05) is 133 Å². The summed E-state index contributed by atoms with van der Waals surface area (Å²) in [5.74, 6) is 0. The molecule has 2 nitrogen and oxygen atoms in total. The first-order chi connectivity index (χ1) is 21.8. The molecule has 9 aromatic rings. The molecule has 0 fully saturated rings. The molecular weight excluding hydrogens is 573 g/mol. The van der Waals surface area contributed by atoms with Crippen LogP contribution in [0.2, 0.25) is 0 Å². The maximum Gasteiger partial charge on any atom is 0.124 e. The van der Waals surface area contributed by atoms with Gasteiger partial charge in [0, 0.05) is 33.0 Å². The zero-order chi connectivity index (χ0) is 29.0. The van der Waals surface area contributed by atoms with E-state index in [4.69, 9.17) is 9.97 Å². The van der Waals surface area contributed by atoms with Crippen LogP contribution in [0.4, 0.5) is 0 Å². The molecule has 2 heterocycles. The van der Waals surface area contributed by atoms with Crippen LogP contribution in [0.5, 0.6) is 0 Å². The Morgan fingerprint density at radius 3 is 1.05 bits per heavy atom. The summed E-state index contributed by atoms with van der Waals surface area (Å²) in [6, 6.07) is 51.7. The van der Waals surface area contributed by atoms with Gasteiger partial charge in [-0.3, -0.25) is 0 Å². The highest BCUT2D eigenvalue weighted by atomic mass is 32.1. The lowest BCUT2D eigenvalue weighted by Gasteiger charge is -2.19. The van der Waals surface area contributed by atoms with Gasteiger partial charge in [-0.05, 0) is 34.0 Å². The highest BCUT2D eigenvalue weighted by Gasteiger charge is 2.24. The molecular formula is C40H24N2S2. The highest BCUT2D eigenvalue weighted by molar-refractivity contribution is 7.22. The molecule has 0 radical (unpaired) electrons. The van der Waals surface area contributed by atoms with Crippen LogP contribution in [0.1, 0.15) is 0 Å². The molecule has 0 aliphatic carbocycles. The molecule has 9 rings (SSSR count). The largest absolute Gasteiger partial charge is 0.235 e. The SMILES string of the molecule is c1ccc(-c2nc3c(ccc4c5ccc6sc(-c7ccccc7)nc6c5c(-c5ccccc5)c(-c5ccccc5)c43)s2)cc1. The minimum atomic E-state index is 1.04. The predicted octanol–water partition coefficient (Wildman–Crippen LogP) is 11.9. The van der Waals surface area contributed by atoms with Crippen molar-refractivity contribution in [2.75, 3.05) is 0 Å². The van der Waals surface area contributed by atoms with Gasteiger partial charge in [0.1, 0.15) is 10.0 Å². The third kappa shape index (κ3) is 3.99. The Morgan fingerprint density at radius 2 is 0.682 bits per heavy atom. The minimum Gasteiger partial charge on any atom is -0.235 e. The molecule has 7 aromatic carbocycles. The van der Waals surface area contributed by atoms with Crippen LogP contribution in [0.25, 0.3) is 85.4 Å². The Hall–Kier alpha value is -5.16. The van der Waals surface area contributed by atoms with Gasteiger partial charge >= 0.3 is 0 Å². The lowest BCUT2D eigenvalue weighted by atomic mass is 9.84. The first-order valence-corrected chi connectivity index (χ1v) is 16.3. The molecule has 0 atom stereocenters. The molecule has 0 saturated carbocycles. The number of thiazole rings is 2. The summed E-state index contributed by atoms with van der Waals surface area (Å²) in [5.41, 5.74) is 9.15. The summed E-state index contributed by atoms with van der Waals surface area (Å²) in [6.45, 7) is 0. The summed E-state index contributed by atoms with van der Waals surface area (Å²) < 4.78 is 2.38. The van der Waals surface area contributed by atoms with Gasteiger partial charge in [0.05, 0.1) is 20.4 Å². The van der Waals surface area contributed by atoms with Crippen LogP contribution >= 0.6 is 22.7 Å². The zero-order valence-corrected chi connectivity index (χ0v) is 25.2. The number of aromatic nitrogens is 2. The predicted molar refractivity (Wildman–Crippen MR) is 190 cm³/mol. The van der Waals surface area contributed by atoms with E-state index < -0.39 is 0 Å². The average Bonchev–Trinajstić information content (AvgIpc) is 3.74. The van der Waals surface area contributed by atoms with Crippen LogP contribution in [0.3, 0.4) is 0 Å². The summed E-state index contributed by atoms with van der Waals surface area (Å²) in [6.07, 6.45) is 0. The Bertz CT molecular complexity index is 2290. The van der Waals surface area contributed by atoms with Crippen LogP contribution < -0.4 is 0 Å². The van der Waals surface area contributed by atoms with Crippen molar-refractivity contribution < 1.29 is 0 Å². The quantitative estimate of drug-likeness (QED) is 0.189. The molecule has 0 unspecified atom stereocenters. The Balaban J connectivity index is 1.50. The fourth-order valence-corrected chi connectivity index (χ4v) is 8.35. The molecule has 206 valence electrons. The number of hydrogen-bond donors (Lipinski definition) is 0. The Kier molecular flexibility index (Phi) is 5.90. The summed E-state index contributed by atoms with van der Waals surface area (Å²) in [4.78, 5) is 10.7. The summed E-state index contributed by atoms with van der Waals surface area (Å²) in [5, 5.41) is 6.86. The standard InChI is InChI=1S/C40H24N2S2/c1-5-13-25(14-6-1)33-34(26-15-7-2-8-16-26)36-30(22-24-32-38(36)42-40(44-32)28-19-11-4-12-20-28)29-21-23-31-37(35(29)33)41-39(43-31)27-17-9-3-10-18-27/h1-24H. The molecule has 44 heavy (non-hydrogen) atoms. The van der Waals surface area contributed by atoms with E-state index in [-0.39, 0.29) is 0 Å². The minimum absolute atomic E-state index is 1.04. The van der Waals surface area contributed by atoms with E-state index in [0.29, 0.717) is 0 Å². The number of fused-ring (bicyclic) bond motifs is 7. The Morgan fingerprint density at radius 1 is 0.341 bits per heavy atom. The van der Waals surface area contributed by atoms with Crippen LogP contribution in [-0.4, -0.2) is 9.97 Å². The first kappa shape index (κ1) is 25.3. The van der Waals surface area contributed by atoms with E-state index in [0.717, 1.165) is 32.2 Å². The lowest BCUT2D eigenvalue weighted by Crippen LogP contribution is -1.93. The highest BCUT2D eigenvalue weighted by Crippen LogP contribution is 2.50. The lowest BCUT2D eigenvalue weighted by molar-refractivity contribution is 1.48. The van der Waals surface area contributed by atoms with Gasteiger partial charge in [0.2, 0.25) is 0 Å². The Labute approximate surface area is 262 Å². The van der Waals surface area contributed by atoms with Gasteiger partial charge in [0.25, 0.3) is 0 Å². The number of nitrogens with zero attached hydrogens (tertiary/aromatic N) is 2. The second kappa shape index (κ2) is 10.2. The van der Waals surface area contributed by atoms with Crippen LogP contribution in [-0.2, 0) is 0 Å². The van der Waals surface area contributed by atoms with Gasteiger partial charge in [-0.2, -0.15) is 0 Å². The van der Waals surface area contributed by atoms with E-state index >= 15 is 0 Å². The zero-order valence-electron chi connectivity index (χ0n) is 23.6. The molecule has 0 aliphatic rings. The fourth-order valence-electron chi connectivity index (χ4n) is 6.39. The topological polar surface area (TPSA) is 25.8 Å². The maximum atomic E-state index is 5.35. The fraction of sp³-hybridized carbons (Fsp3) is 0. The van der Waals surface area contributed by atoms with E-state index in [1.807, 2.05) is 0 Å². The average molecular weight is 597 g/mol. The maximum absolute atomic E-state index is 5.35. The van der Waals surface area contributed by atoms with Gasteiger partial charge in [-0.25, -0.2) is 9.97 Å². The second-order valence-corrected chi connectivity index (χ2v) is 13.0. The number of benzene rings is 7. The van der Waals surface area contributed by atoms with Gasteiger partial charge < -0.3 is 0 Å². The number of hydrogen-bond acceptors (Lipinski definition) is 4. The van der Waals surface area contributed by atoms with Crippen molar-refractivity contribution in [1.82, 2.24) is 9.97 Å². The third-order valence-electron chi connectivity index (χ3n) is 8.33. The van der Waals surface area contributed by atoms with Crippen molar-refractivity contribution in [3.8, 4) is 43.4 Å². The van der Waals surface area contributed by atoms with E-state index in [9.17, 15) is 0 Å². The molecule has 2 aromatic heterocycles.